The van der Waals surface area contributed by atoms with Crippen LogP contribution in [0.1, 0.15) is 0 Å². The summed E-state index contributed by atoms with van der Waals surface area (Å²) in [6, 6.07) is 41.4. The van der Waals surface area contributed by atoms with Crippen LogP contribution in [0.3, 0.4) is 0 Å². The summed E-state index contributed by atoms with van der Waals surface area (Å²) >= 11 is 0. The molecule has 0 aliphatic carbocycles. The predicted molar refractivity (Wildman–Crippen MR) is 146 cm³/mol. The third-order valence-electron chi connectivity index (χ3n) is 6.69. The Hall–Kier alpha value is -4.40. The van der Waals surface area contributed by atoms with Crippen LogP contribution in [-0.4, -0.2) is 9.55 Å². The molecular weight excluding hydrogens is 463 g/mol. The summed E-state index contributed by atoms with van der Waals surface area (Å²) in [7, 11) is -3.03. The molecule has 7 rings (SSSR count). The molecule has 1 aliphatic rings. The molecule has 36 heavy (non-hydrogen) atoms. The Labute approximate surface area is 208 Å². The van der Waals surface area contributed by atoms with Crippen LogP contribution in [-0.2, 0) is 4.57 Å². The largest absolute Gasteiger partial charge is 0.453 e. The maximum Gasteiger partial charge on any atom is 0.171 e. The van der Waals surface area contributed by atoms with E-state index in [1.807, 2.05) is 127 Å². The van der Waals surface area contributed by atoms with Gasteiger partial charge in [0.2, 0.25) is 0 Å². The van der Waals surface area contributed by atoms with Gasteiger partial charge in [-0.2, -0.15) is 0 Å². The summed E-state index contributed by atoms with van der Waals surface area (Å²) in [6.07, 6.45) is 0. The Morgan fingerprint density at radius 1 is 0.583 bits per heavy atom. The molecule has 0 atom stereocenters. The van der Waals surface area contributed by atoms with Crippen molar-refractivity contribution in [2.75, 3.05) is 0 Å². The molecule has 6 aromatic rings. The lowest BCUT2D eigenvalue weighted by Gasteiger charge is -2.21. The number of nitrogens with zero attached hydrogens (tertiary/aromatic N) is 2. The molecule has 5 aromatic carbocycles. The minimum Gasteiger partial charge on any atom is -0.453 e. The van der Waals surface area contributed by atoms with E-state index in [0.29, 0.717) is 0 Å². The minimum atomic E-state index is -3.03. The molecule has 0 amide bonds. The van der Waals surface area contributed by atoms with Crippen LogP contribution in [0.4, 0.5) is 0 Å². The van der Waals surface area contributed by atoms with Gasteiger partial charge in [0.05, 0.1) is 11.2 Å². The third-order valence-corrected chi connectivity index (χ3v) is 9.77. The summed E-state index contributed by atoms with van der Waals surface area (Å²) in [6.45, 7) is 0. The zero-order chi connectivity index (χ0) is 24.1. The van der Waals surface area contributed by atoms with E-state index in [4.69, 9.17) is 9.72 Å². The van der Waals surface area contributed by atoms with Gasteiger partial charge in [-0.3, -0.25) is 4.57 Å². The molecule has 1 aromatic heterocycles. The van der Waals surface area contributed by atoms with Crippen LogP contribution in [0.5, 0.6) is 11.5 Å². The monoisotopic (exact) mass is 484 g/mol. The molecule has 0 spiro atoms. The van der Waals surface area contributed by atoms with Gasteiger partial charge in [0, 0.05) is 21.5 Å². The van der Waals surface area contributed by atoms with E-state index in [2.05, 4.69) is 4.57 Å². The maximum absolute atomic E-state index is 14.7. The first-order valence-corrected chi connectivity index (χ1v) is 13.6. The number of aromatic nitrogens is 2. The van der Waals surface area contributed by atoms with E-state index >= 15 is 0 Å². The SMILES string of the molecule is O=P(c1ccccc1)(c1ccccc1)c1ccc(-c2nc3cccc4c3n2-c2ccccc2O4)cc1. The standard InChI is InChI=1S/C31H21N2O2P/c34-36(23-10-3-1-4-11-23,24-12-5-2-6-13-24)25-20-18-22(19-21-25)31-32-26-14-9-17-29-30(26)33(31)27-15-7-8-16-28(27)35-29/h1-21H. The first kappa shape index (κ1) is 20.9. The molecule has 0 N–H and O–H groups in total. The second-order valence-corrected chi connectivity index (χ2v) is 11.6. The highest BCUT2D eigenvalue weighted by atomic mass is 31.2. The first-order chi connectivity index (χ1) is 17.7. The van der Waals surface area contributed by atoms with E-state index in [9.17, 15) is 4.57 Å². The average Bonchev–Trinajstić information content (AvgIpc) is 3.35. The summed E-state index contributed by atoms with van der Waals surface area (Å²) < 4.78 is 23.0. The fourth-order valence-electron chi connectivity index (χ4n) is 5.00. The number of hydrogen-bond acceptors (Lipinski definition) is 3. The zero-order valence-electron chi connectivity index (χ0n) is 19.3. The zero-order valence-corrected chi connectivity index (χ0v) is 20.2. The van der Waals surface area contributed by atoms with Crippen molar-refractivity contribution >= 4 is 34.1 Å². The molecule has 0 saturated carbocycles. The second kappa shape index (κ2) is 8.08. The van der Waals surface area contributed by atoms with Crippen molar-refractivity contribution in [2.45, 2.75) is 0 Å². The van der Waals surface area contributed by atoms with Crippen LogP contribution in [0.25, 0.3) is 28.1 Å². The molecule has 4 nitrogen and oxygen atoms in total. The highest BCUT2D eigenvalue weighted by molar-refractivity contribution is 7.85. The van der Waals surface area contributed by atoms with E-state index in [1.54, 1.807) is 0 Å². The van der Waals surface area contributed by atoms with Crippen LogP contribution >= 0.6 is 7.14 Å². The van der Waals surface area contributed by atoms with Crippen molar-refractivity contribution in [3.63, 3.8) is 0 Å². The van der Waals surface area contributed by atoms with Gasteiger partial charge in [0.1, 0.15) is 11.3 Å². The number of benzene rings is 5. The Morgan fingerprint density at radius 2 is 1.17 bits per heavy atom. The molecule has 0 fully saturated rings. The van der Waals surface area contributed by atoms with Crippen LogP contribution in [0.2, 0.25) is 0 Å². The quantitative estimate of drug-likeness (QED) is 0.270. The van der Waals surface area contributed by atoms with Crippen LogP contribution in [0.15, 0.2) is 127 Å². The fraction of sp³-hybridized carbons (Fsp3) is 0. The number of fused-ring (bicyclic) bond motifs is 2. The van der Waals surface area contributed by atoms with E-state index in [-0.39, 0.29) is 0 Å². The predicted octanol–water partition coefficient (Wildman–Crippen LogP) is 6.44. The van der Waals surface area contributed by atoms with Crippen molar-refractivity contribution in [3.05, 3.63) is 127 Å². The van der Waals surface area contributed by atoms with Crippen molar-refractivity contribution in [1.82, 2.24) is 9.55 Å². The summed E-state index contributed by atoms with van der Waals surface area (Å²) in [5.74, 6) is 2.42. The molecule has 0 bridgehead atoms. The average molecular weight is 484 g/mol. The lowest BCUT2D eigenvalue weighted by atomic mass is 10.2. The highest BCUT2D eigenvalue weighted by Crippen LogP contribution is 2.45. The van der Waals surface area contributed by atoms with E-state index in [1.165, 1.54) is 0 Å². The minimum absolute atomic E-state index is 0.791. The van der Waals surface area contributed by atoms with Crippen LogP contribution in [0, 0.1) is 0 Å². The molecule has 0 radical (unpaired) electrons. The summed E-state index contributed by atoms with van der Waals surface area (Å²) in [5, 5.41) is 2.44. The van der Waals surface area contributed by atoms with Gasteiger partial charge in [-0.1, -0.05) is 103 Å². The van der Waals surface area contributed by atoms with Crippen molar-refractivity contribution in [1.29, 1.82) is 0 Å². The first-order valence-electron chi connectivity index (χ1n) is 11.8. The van der Waals surface area contributed by atoms with Gasteiger partial charge < -0.3 is 9.30 Å². The van der Waals surface area contributed by atoms with Gasteiger partial charge >= 0.3 is 0 Å². The number of para-hydroxylation sites is 3. The molecule has 1 aliphatic heterocycles. The second-order valence-electron chi connectivity index (χ2n) is 8.79. The van der Waals surface area contributed by atoms with Crippen LogP contribution < -0.4 is 20.7 Å². The Balaban J connectivity index is 1.41. The maximum atomic E-state index is 14.7. The van der Waals surface area contributed by atoms with Gasteiger partial charge in [-0.25, -0.2) is 4.98 Å². The Bertz CT molecular complexity index is 1730. The third kappa shape index (κ3) is 3.08. The lowest BCUT2D eigenvalue weighted by molar-refractivity contribution is 0.476. The van der Waals surface area contributed by atoms with Crippen molar-refractivity contribution in [2.24, 2.45) is 0 Å². The molecular formula is C31H21N2O2P. The molecule has 0 saturated heterocycles. The normalized spacial score (nSPS) is 12.2. The fourth-order valence-corrected chi connectivity index (χ4v) is 7.64. The number of ether oxygens (including phenoxy) is 1. The molecule has 172 valence electrons. The van der Waals surface area contributed by atoms with Crippen molar-refractivity contribution < 1.29 is 9.30 Å². The molecule has 2 heterocycles. The van der Waals surface area contributed by atoms with E-state index in [0.717, 1.165) is 55.5 Å². The summed E-state index contributed by atoms with van der Waals surface area (Å²) in [5.41, 5.74) is 3.73. The van der Waals surface area contributed by atoms with Gasteiger partial charge in [0.15, 0.2) is 18.6 Å². The number of rotatable bonds is 4. The molecule has 5 heteroatoms. The smallest absolute Gasteiger partial charge is 0.171 e. The highest BCUT2D eigenvalue weighted by Gasteiger charge is 2.30. The van der Waals surface area contributed by atoms with Crippen molar-refractivity contribution in [3.8, 4) is 28.6 Å². The van der Waals surface area contributed by atoms with E-state index < -0.39 is 7.14 Å². The number of imidazole rings is 1. The Morgan fingerprint density at radius 3 is 1.86 bits per heavy atom. The van der Waals surface area contributed by atoms with Gasteiger partial charge in [0.25, 0.3) is 0 Å². The van der Waals surface area contributed by atoms with Gasteiger partial charge in [-0.05, 0) is 24.3 Å². The van der Waals surface area contributed by atoms with Gasteiger partial charge in [-0.15, -0.1) is 0 Å². The topological polar surface area (TPSA) is 44.1 Å². The molecule has 0 unspecified atom stereocenters. The lowest BCUT2D eigenvalue weighted by Crippen LogP contribution is -2.24. The summed E-state index contributed by atoms with van der Waals surface area (Å²) in [4.78, 5) is 4.98. The Kier molecular flexibility index (Phi) is 4.70. The number of hydrogen-bond donors (Lipinski definition) is 0.